The highest BCUT2D eigenvalue weighted by molar-refractivity contribution is 9.10. The van der Waals surface area contributed by atoms with E-state index in [9.17, 15) is 0 Å². The Morgan fingerprint density at radius 2 is 2.25 bits per heavy atom. The molecule has 2 rings (SSSR count). The van der Waals surface area contributed by atoms with Crippen LogP contribution in [0.4, 0.5) is 0 Å². The summed E-state index contributed by atoms with van der Waals surface area (Å²) in [6, 6.07) is 0. The van der Waals surface area contributed by atoms with Crippen LogP contribution < -0.4 is 0 Å². The van der Waals surface area contributed by atoms with Crippen LogP contribution in [0.25, 0.3) is 5.82 Å². The first kappa shape index (κ1) is 7.42. The zero-order valence-electron chi connectivity index (χ0n) is 6.05. The third kappa shape index (κ3) is 1.23. The first-order valence-electron chi connectivity index (χ1n) is 3.32. The maximum absolute atomic E-state index is 4.09. The Balaban J connectivity index is 2.55. The van der Waals surface area contributed by atoms with Gasteiger partial charge in [0.1, 0.15) is 12.7 Å². The van der Waals surface area contributed by atoms with E-state index in [4.69, 9.17) is 0 Å². The molecule has 2 heterocycles. The van der Waals surface area contributed by atoms with Gasteiger partial charge in [0.05, 0.1) is 4.47 Å². The predicted molar refractivity (Wildman–Crippen MR) is 46.9 cm³/mol. The van der Waals surface area contributed by atoms with Gasteiger partial charge in [-0.25, -0.2) is 15.0 Å². The van der Waals surface area contributed by atoms with Crippen LogP contribution in [0.15, 0.2) is 35.7 Å². The van der Waals surface area contributed by atoms with Gasteiger partial charge in [-0.05, 0) is 15.9 Å². The zero-order chi connectivity index (χ0) is 8.39. The summed E-state index contributed by atoms with van der Waals surface area (Å²) in [6.45, 7) is 0. The molecule has 0 aliphatic carbocycles. The summed E-state index contributed by atoms with van der Waals surface area (Å²) in [5.41, 5.74) is 0. The SMILES string of the molecule is Brc1cncnc1-n1ccnc1. The van der Waals surface area contributed by atoms with Crippen molar-refractivity contribution in [1.82, 2.24) is 19.5 Å². The summed E-state index contributed by atoms with van der Waals surface area (Å²) < 4.78 is 2.66. The molecule has 0 radical (unpaired) electrons. The third-order valence-corrected chi connectivity index (χ3v) is 1.96. The molecule has 2 aromatic rings. The van der Waals surface area contributed by atoms with Crippen molar-refractivity contribution >= 4 is 15.9 Å². The monoisotopic (exact) mass is 224 g/mol. The average Bonchev–Trinajstić information content (AvgIpc) is 2.57. The molecule has 0 spiro atoms. The highest BCUT2D eigenvalue weighted by atomic mass is 79.9. The van der Waals surface area contributed by atoms with Crippen molar-refractivity contribution in [3.05, 3.63) is 35.7 Å². The second kappa shape index (κ2) is 3.02. The Morgan fingerprint density at radius 1 is 1.33 bits per heavy atom. The molecule has 2 aromatic heterocycles. The van der Waals surface area contributed by atoms with Gasteiger partial charge in [-0.3, -0.25) is 4.57 Å². The maximum Gasteiger partial charge on any atom is 0.155 e. The van der Waals surface area contributed by atoms with Gasteiger partial charge in [-0.2, -0.15) is 0 Å². The lowest BCUT2D eigenvalue weighted by molar-refractivity contribution is 0.960. The van der Waals surface area contributed by atoms with Crippen molar-refractivity contribution in [2.45, 2.75) is 0 Å². The summed E-state index contributed by atoms with van der Waals surface area (Å²) >= 11 is 3.34. The molecule has 4 nitrogen and oxygen atoms in total. The van der Waals surface area contributed by atoms with Gasteiger partial charge in [0.15, 0.2) is 5.82 Å². The fourth-order valence-corrected chi connectivity index (χ4v) is 1.31. The van der Waals surface area contributed by atoms with Crippen LogP contribution in [-0.2, 0) is 0 Å². The molecule has 0 saturated heterocycles. The number of hydrogen-bond acceptors (Lipinski definition) is 3. The molecule has 5 heteroatoms. The van der Waals surface area contributed by atoms with E-state index in [0.717, 1.165) is 10.3 Å². The van der Waals surface area contributed by atoms with E-state index in [2.05, 4.69) is 30.9 Å². The Morgan fingerprint density at radius 3 is 2.92 bits per heavy atom. The average molecular weight is 225 g/mol. The van der Waals surface area contributed by atoms with Gasteiger partial charge in [-0.15, -0.1) is 0 Å². The molecule has 0 unspecified atom stereocenters. The van der Waals surface area contributed by atoms with Crippen molar-refractivity contribution in [2.24, 2.45) is 0 Å². The molecule has 12 heavy (non-hydrogen) atoms. The van der Waals surface area contributed by atoms with Crippen molar-refractivity contribution in [1.29, 1.82) is 0 Å². The molecule has 0 fully saturated rings. The number of imidazole rings is 1. The minimum absolute atomic E-state index is 0.794. The molecule has 0 aliphatic heterocycles. The van der Waals surface area contributed by atoms with Crippen molar-refractivity contribution in [3.8, 4) is 5.82 Å². The maximum atomic E-state index is 4.09. The number of halogens is 1. The van der Waals surface area contributed by atoms with Gasteiger partial charge in [0, 0.05) is 18.6 Å². The highest BCUT2D eigenvalue weighted by Crippen LogP contribution is 2.15. The lowest BCUT2D eigenvalue weighted by Gasteiger charge is -2.00. The fraction of sp³-hybridized carbons (Fsp3) is 0. The molecule has 0 aliphatic rings. The number of nitrogens with zero attached hydrogens (tertiary/aromatic N) is 4. The molecule has 0 saturated carbocycles. The largest absolute Gasteiger partial charge is 0.289 e. The lowest BCUT2D eigenvalue weighted by Crippen LogP contribution is -1.95. The summed E-state index contributed by atoms with van der Waals surface area (Å²) in [6.07, 6.45) is 8.41. The fourth-order valence-electron chi connectivity index (χ4n) is 0.881. The topological polar surface area (TPSA) is 43.6 Å². The molecule has 0 aromatic carbocycles. The summed E-state index contributed by atoms with van der Waals surface area (Å²) in [7, 11) is 0. The van der Waals surface area contributed by atoms with E-state index in [-0.39, 0.29) is 0 Å². The quantitative estimate of drug-likeness (QED) is 0.737. The van der Waals surface area contributed by atoms with Crippen LogP contribution >= 0.6 is 15.9 Å². The van der Waals surface area contributed by atoms with E-state index < -0.39 is 0 Å². The number of aromatic nitrogens is 4. The van der Waals surface area contributed by atoms with Gasteiger partial charge in [0.25, 0.3) is 0 Å². The normalized spacial score (nSPS) is 10.1. The standard InChI is InChI=1S/C7H5BrN4/c8-6-3-10-4-11-7(6)12-2-1-9-5-12/h1-5H. The van der Waals surface area contributed by atoms with Crippen molar-refractivity contribution in [2.75, 3.05) is 0 Å². The molecule has 0 atom stereocenters. The van der Waals surface area contributed by atoms with E-state index in [1.807, 2.05) is 10.8 Å². The second-order valence-electron chi connectivity index (χ2n) is 2.16. The molecule has 60 valence electrons. The van der Waals surface area contributed by atoms with Gasteiger partial charge >= 0.3 is 0 Å². The zero-order valence-corrected chi connectivity index (χ0v) is 7.64. The van der Waals surface area contributed by atoms with Crippen LogP contribution in [-0.4, -0.2) is 19.5 Å². The van der Waals surface area contributed by atoms with Crippen LogP contribution in [0.2, 0.25) is 0 Å². The molecule has 0 amide bonds. The van der Waals surface area contributed by atoms with Crippen molar-refractivity contribution < 1.29 is 0 Å². The number of hydrogen-bond donors (Lipinski definition) is 0. The Bertz CT molecular complexity index is 371. The number of rotatable bonds is 1. The van der Waals surface area contributed by atoms with Crippen LogP contribution in [0, 0.1) is 0 Å². The Kier molecular flexibility index (Phi) is 1.87. The highest BCUT2D eigenvalue weighted by Gasteiger charge is 2.00. The van der Waals surface area contributed by atoms with Gasteiger partial charge in [-0.1, -0.05) is 0 Å². The van der Waals surface area contributed by atoms with E-state index in [0.29, 0.717) is 0 Å². The molecular weight excluding hydrogens is 220 g/mol. The molecule has 0 N–H and O–H groups in total. The summed E-state index contributed by atoms with van der Waals surface area (Å²) in [5.74, 6) is 0.794. The van der Waals surface area contributed by atoms with Crippen LogP contribution in [0.1, 0.15) is 0 Å². The first-order valence-corrected chi connectivity index (χ1v) is 4.11. The molecular formula is C7H5BrN4. The van der Waals surface area contributed by atoms with E-state index in [1.54, 1.807) is 18.7 Å². The van der Waals surface area contributed by atoms with E-state index >= 15 is 0 Å². The smallest absolute Gasteiger partial charge is 0.155 e. The minimum atomic E-state index is 0.794. The van der Waals surface area contributed by atoms with Crippen LogP contribution in [0.3, 0.4) is 0 Å². The van der Waals surface area contributed by atoms with Crippen molar-refractivity contribution in [3.63, 3.8) is 0 Å². The lowest BCUT2D eigenvalue weighted by atomic mass is 10.6. The third-order valence-electron chi connectivity index (χ3n) is 1.40. The van der Waals surface area contributed by atoms with Gasteiger partial charge < -0.3 is 0 Å². The Labute approximate surface area is 77.4 Å². The first-order chi connectivity index (χ1) is 5.88. The minimum Gasteiger partial charge on any atom is -0.289 e. The summed E-state index contributed by atoms with van der Waals surface area (Å²) in [4.78, 5) is 11.9. The summed E-state index contributed by atoms with van der Waals surface area (Å²) in [5, 5.41) is 0. The van der Waals surface area contributed by atoms with Gasteiger partial charge in [0.2, 0.25) is 0 Å². The predicted octanol–water partition coefficient (Wildman–Crippen LogP) is 1.42. The second-order valence-corrected chi connectivity index (χ2v) is 3.02. The van der Waals surface area contributed by atoms with Crippen LogP contribution in [0.5, 0.6) is 0 Å². The van der Waals surface area contributed by atoms with E-state index in [1.165, 1.54) is 6.33 Å². The Hall–Kier alpha value is -1.23. The molecule has 0 bridgehead atoms.